The maximum Gasteiger partial charge on any atom is 0.243 e. The fourth-order valence-electron chi connectivity index (χ4n) is 3.07. The first-order chi connectivity index (χ1) is 12.0. The van der Waals surface area contributed by atoms with E-state index in [1.807, 2.05) is 0 Å². The molecule has 0 aromatic heterocycles. The van der Waals surface area contributed by atoms with Crippen LogP contribution < -0.4 is 5.73 Å². The Bertz CT molecular complexity index is 346. The Balaban J connectivity index is 4.81. The molecule has 0 bridgehead atoms. The van der Waals surface area contributed by atoms with Crippen molar-refractivity contribution in [2.45, 2.75) is 79.1 Å². The van der Waals surface area contributed by atoms with Crippen molar-refractivity contribution in [2.24, 2.45) is 17.6 Å². The molecule has 4 nitrogen and oxygen atoms in total. The number of amides is 1. The Morgan fingerprint density at radius 2 is 1.44 bits per heavy atom. The molecule has 2 atom stereocenters. The fourth-order valence-corrected chi connectivity index (χ4v) is 3.30. The van der Waals surface area contributed by atoms with E-state index in [0.29, 0.717) is 18.4 Å². The number of hydrogen-bond donors (Lipinski definition) is 1. The SMILES string of the molecule is CCCCC(CC)CN(CC(CC)CCCC)C(=S)COCC(N)=O. The van der Waals surface area contributed by atoms with Crippen molar-refractivity contribution in [1.29, 1.82) is 0 Å². The van der Waals surface area contributed by atoms with Crippen LogP contribution in [0.5, 0.6) is 0 Å². The minimum atomic E-state index is -0.446. The Hall–Kier alpha value is -0.680. The molecular formula is C20H40N2O2S. The quantitative estimate of drug-likeness (QED) is 0.404. The van der Waals surface area contributed by atoms with Gasteiger partial charge in [-0.05, 0) is 24.7 Å². The van der Waals surface area contributed by atoms with E-state index in [-0.39, 0.29) is 6.61 Å². The summed E-state index contributed by atoms with van der Waals surface area (Å²) in [6.07, 6.45) is 9.85. The van der Waals surface area contributed by atoms with Crippen LogP contribution >= 0.6 is 12.2 Å². The van der Waals surface area contributed by atoms with Crippen LogP contribution in [0.1, 0.15) is 79.1 Å². The van der Waals surface area contributed by atoms with Crippen molar-refractivity contribution >= 4 is 23.1 Å². The van der Waals surface area contributed by atoms with E-state index >= 15 is 0 Å². The van der Waals surface area contributed by atoms with Crippen molar-refractivity contribution in [2.75, 3.05) is 26.3 Å². The van der Waals surface area contributed by atoms with Crippen molar-refractivity contribution in [3.8, 4) is 0 Å². The molecule has 0 aromatic rings. The van der Waals surface area contributed by atoms with Gasteiger partial charge in [-0.1, -0.05) is 78.4 Å². The molecule has 0 rings (SSSR count). The van der Waals surface area contributed by atoms with Gasteiger partial charge in [0.25, 0.3) is 0 Å². The predicted molar refractivity (Wildman–Crippen MR) is 111 cm³/mol. The number of carbonyl (C=O) groups is 1. The molecule has 0 spiro atoms. The van der Waals surface area contributed by atoms with Gasteiger partial charge in [0.15, 0.2) is 0 Å². The third-order valence-corrected chi connectivity index (χ3v) is 5.24. The molecule has 5 heteroatoms. The number of nitrogens with zero attached hydrogens (tertiary/aromatic N) is 1. The minimum Gasteiger partial charge on any atom is -0.368 e. The first-order valence-electron chi connectivity index (χ1n) is 10.1. The normalized spacial score (nSPS) is 13.4. The topological polar surface area (TPSA) is 55.6 Å². The van der Waals surface area contributed by atoms with E-state index in [2.05, 4.69) is 32.6 Å². The standard InChI is InChI=1S/C20H40N2O2S/c1-5-9-11-17(7-3)13-22(14-18(8-4)12-10-6-2)20(25)16-24-15-19(21)23/h17-18H,5-16H2,1-4H3,(H2,21,23). The van der Waals surface area contributed by atoms with E-state index in [0.717, 1.165) is 18.1 Å². The second kappa shape index (κ2) is 15.6. The summed E-state index contributed by atoms with van der Waals surface area (Å²) in [6, 6.07) is 0. The molecule has 0 saturated carbocycles. The average Bonchev–Trinajstić information content (AvgIpc) is 2.59. The number of primary amides is 1. The van der Waals surface area contributed by atoms with Gasteiger partial charge in [-0.2, -0.15) is 0 Å². The number of nitrogens with two attached hydrogens (primary N) is 1. The van der Waals surface area contributed by atoms with Gasteiger partial charge in [-0.15, -0.1) is 0 Å². The average molecular weight is 373 g/mol. The molecule has 0 heterocycles. The van der Waals surface area contributed by atoms with Crippen LogP contribution in [-0.2, 0) is 9.53 Å². The molecule has 0 aliphatic carbocycles. The summed E-state index contributed by atoms with van der Waals surface area (Å²) in [5.41, 5.74) is 5.15. The lowest BCUT2D eigenvalue weighted by Crippen LogP contribution is -2.40. The van der Waals surface area contributed by atoms with Crippen LogP contribution in [0.25, 0.3) is 0 Å². The van der Waals surface area contributed by atoms with Crippen LogP contribution in [-0.4, -0.2) is 42.1 Å². The summed E-state index contributed by atoms with van der Waals surface area (Å²) in [5.74, 6) is 0.883. The number of hydrogen-bond acceptors (Lipinski definition) is 3. The van der Waals surface area contributed by atoms with E-state index < -0.39 is 5.91 Å². The van der Waals surface area contributed by atoms with Crippen LogP contribution in [0.3, 0.4) is 0 Å². The molecule has 0 fully saturated rings. The zero-order valence-electron chi connectivity index (χ0n) is 16.9. The highest BCUT2D eigenvalue weighted by Gasteiger charge is 2.19. The Kier molecular flexibility index (Phi) is 15.1. The molecule has 0 aliphatic heterocycles. The number of ether oxygens (including phenoxy) is 1. The predicted octanol–water partition coefficient (Wildman–Crippen LogP) is 4.55. The molecule has 2 N–H and O–H groups in total. The molecule has 0 radical (unpaired) electrons. The summed E-state index contributed by atoms with van der Waals surface area (Å²) < 4.78 is 5.37. The Morgan fingerprint density at radius 3 is 1.80 bits per heavy atom. The minimum absolute atomic E-state index is 0.0614. The third kappa shape index (κ3) is 12.3. The zero-order chi connectivity index (χ0) is 19.1. The molecule has 2 unspecified atom stereocenters. The van der Waals surface area contributed by atoms with Crippen molar-refractivity contribution in [3.63, 3.8) is 0 Å². The lowest BCUT2D eigenvalue weighted by atomic mass is 9.95. The van der Waals surface area contributed by atoms with E-state index in [9.17, 15) is 4.79 Å². The second-order valence-electron chi connectivity index (χ2n) is 7.09. The van der Waals surface area contributed by atoms with Gasteiger partial charge in [0.05, 0.1) is 6.61 Å². The van der Waals surface area contributed by atoms with Crippen LogP contribution in [0.4, 0.5) is 0 Å². The van der Waals surface area contributed by atoms with Gasteiger partial charge in [-0.25, -0.2) is 0 Å². The smallest absolute Gasteiger partial charge is 0.243 e. The van der Waals surface area contributed by atoms with E-state index in [1.54, 1.807) is 0 Å². The molecule has 25 heavy (non-hydrogen) atoms. The van der Waals surface area contributed by atoms with Gasteiger partial charge in [0.2, 0.25) is 5.91 Å². The van der Waals surface area contributed by atoms with Gasteiger partial charge < -0.3 is 15.4 Å². The summed E-state index contributed by atoms with van der Waals surface area (Å²) >= 11 is 5.63. The second-order valence-corrected chi connectivity index (χ2v) is 7.56. The number of carbonyl (C=O) groups excluding carboxylic acids is 1. The van der Waals surface area contributed by atoms with Crippen LogP contribution in [0.2, 0.25) is 0 Å². The van der Waals surface area contributed by atoms with Gasteiger partial charge >= 0.3 is 0 Å². The molecular weight excluding hydrogens is 332 g/mol. The summed E-state index contributed by atoms with van der Waals surface area (Å²) in [4.78, 5) is 14.0. The lowest BCUT2D eigenvalue weighted by molar-refractivity contribution is -0.121. The van der Waals surface area contributed by atoms with Crippen molar-refractivity contribution < 1.29 is 9.53 Å². The third-order valence-electron chi connectivity index (χ3n) is 4.87. The monoisotopic (exact) mass is 372 g/mol. The van der Waals surface area contributed by atoms with Gasteiger partial charge in [-0.3, -0.25) is 4.79 Å². The lowest BCUT2D eigenvalue weighted by Gasteiger charge is -2.32. The largest absolute Gasteiger partial charge is 0.368 e. The zero-order valence-corrected chi connectivity index (χ0v) is 17.7. The highest BCUT2D eigenvalue weighted by molar-refractivity contribution is 7.80. The van der Waals surface area contributed by atoms with Crippen LogP contribution in [0.15, 0.2) is 0 Å². The molecule has 0 saturated heterocycles. The summed E-state index contributed by atoms with van der Waals surface area (Å²) in [5, 5.41) is 0. The highest BCUT2D eigenvalue weighted by Crippen LogP contribution is 2.19. The van der Waals surface area contributed by atoms with E-state index in [4.69, 9.17) is 22.7 Å². The van der Waals surface area contributed by atoms with Crippen molar-refractivity contribution in [3.05, 3.63) is 0 Å². The number of rotatable bonds is 16. The maximum absolute atomic E-state index is 10.9. The Labute approximate surface area is 160 Å². The fraction of sp³-hybridized carbons (Fsp3) is 0.900. The molecule has 0 aliphatic rings. The van der Waals surface area contributed by atoms with Crippen molar-refractivity contribution in [1.82, 2.24) is 4.90 Å². The summed E-state index contributed by atoms with van der Waals surface area (Å²) in [7, 11) is 0. The highest BCUT2D eigenvalue weighted by atomic mass is 32.1. The van der Waals surface area contributed by atoms with Gasteiger partial charge in [0, 0.05) is 13.1 Å². The number of thiocarbonyl (C=S) groups is 1. The number of unbranched alkanes of at least 4 members (excludes halogenated alkanes) is 2. The molecule has 0 aromatic carbocycles. The maximum atomic E-state index is 10.9. The van der Waals surface area contributed by atoms with E-state index in [1.165, 1.54) is 51.4 Å². The Morgan fingerprint density at radius 1 is 0.960 bits per heavy atom. The van der Waals surface area contributed by atoms with Crippen LogP contribution in [0, 0.1) is 11.8 Å². The van der Waals surface area contributed by atoms with Gasteiger partial charge in [0.1, 0.15) is 11.6 Å². The first kappa shape index (κ1) is 24.3. The molecule has 1 amide bonds. The summed E-state index contributed by atoms with van der Waals surface area (Å²) in [6.45, 7) is 11.3. The molecule has 148 valence electrons. The first-order valence-corrected chi connectivity index (χ1v) is 10.5.